The third-order valence-corrected chi connectivity index (χ3v) is 10.8. The Kier molecular flexibility index (Phi) is 13.2. The van der Waals surface area contributed by atoms with Gasteiger partial charge < -0.3 is 13.7 Å². The molecule has 19 heteroatoms. The number of hydrogen-bond acceptors (Lipinski definition) is 13. The molecule has 2 heterocycles. The molecule has 3 atom stereocenters. The number of aromatic nitrogens is 1. The van der Waals surface area contributed by atoms with E-state index in [-0.39, 0.29) is 88.7 Å². The first-order chi connectivity index (χ1) is 19.7. The molecule has 218 valence electrons. The number of nitrogens with zero attached hydrogens (tertiary/aromatic N) is 3. The number of nitrogens with one attached hydrogen (secondary N) is 1. The Morgan fingerprint density at radius 1 is 0.556 bits per heavy atom. The van der Waals surface area contributed by atoms with Crippen LogP contribution in [0.15, 0.2) is 120 Å². The van der Waals surface area contributed by atoms with Gasteiger partial charge in [-0.25, -0.2) is 30.6 Å². The monoisotopic (exact) mass is 696 g/mol. The molecule has 0 saturated heterocycles. The summed E-state index contributed by atoms with van der Waals surface area (Å²) in [6.07, 6.45) is 1.10. The van der Waals surface area contributed by atoms with Gasteiger partial charge in [0, 0.05) is 6.20 Å². The molecule has 4 aromatic rings. The van der Waals surface area contributed by atoms with Gasteiger partial charge in [-0.05, 0) is 34.4 Å². The zero-order valence-electron chi connectivity index (χ0n) is 24.1. The van der Waals surface area contributed by atoms with Crippen LogP contribution in [0.4, 0.5) is 0 Å². The van der Waals surface area contributed by atoms with Gasteiger partial charge in [0.2, 0.25) is 4.87 Å². The quantitative estimate of drug-likeness (QED) is 0.141. The molecule has 45 heavy (non-hydrogen) atoms. The molecule has 13 nitrogen and oxygen atoms in total. The van der Waals surface area contributed by atoms with Crippen LogP contribution in [0, 0.1) is 0 Å². The SMILES string of the molecule is O=S(=O)([O-])C1(c2cc(-c3ccccc3)ccn2)N=NC(c2ccccc2)(S(=O)(=O)[O-])C(c2ccccc2)(S(=O)(=O)[O-])N1.[Na+].[Na+].[Na+]. The standard InChI is InChI=1S/C26H22N4O9S3.3Na/c31-40(32,33)24(21-12-6-2-7-13-21)25(41(34,35)36,22-14-8-3-9-15-22)29-30-26(28-24,42(37,38)39)23-18-20(16-17-27-23)19-10-4-1-5-11-19;;;/h1-18,28H,(H,31,32,33)(H,34,35,36)(H,37,38,39);;;/q;3*+1/p-3. The van der Waals surface area contributed by atoms with Crippen LogP contribution in [0.5, 0.6) is 0 Å². The van der Waals surface area contributed by atoms with Crippen LogP contribution in [0.2, 0.25) is 0 Å². The van der Waals surface area contributed by atoms with Crippen LogP contribution in [-0.4, -0.2) is 43.9 Å². The summed E-state index contributed by atoms with van der Waals surface area (Å²) >= 11 is 0. The Bertz CT molecular complexity index is 2010. The maximum absolute atomic E-state index is 13.4. The van der Waals surface area contributed by atoms with E-state index < -0.39 is 61.9 Å². The Labute approximate surface area is 326 Å². The summed E-state index contributed by atoms with van der Waals surface area (Å²) in [6.45, 7) is 0. The minimum absolute atomic E-state index is 0. The Morgan fingerprint density at radius 2 is 1.04 bits per heavy atom. The average Bonchev–Trinajstić information content (AvgIpc) is 2.96. The van der Waals surface area contributed by atoms with Crippen molar-refractivity contribution in [3.63, 3.8) is 0 Å². The summed E-state index contributed by atoms with van der Waals surface area (Å²) in [4.78, 5) is -6.96. The first-order valence-corrected chi connectivity index (χ1v) is 16.1. The van der Waals surface area contributed by atoms with E-state index in [9.17, 15) is 38.9 Å². The molecular weight excluding hydrogens is 677 g/mol. The second-order valence-corrected chi connectivity index (χ2v) is 13.7. The first-order valence-electron chi connectivity index (χ1n) is 11.9. The molecule has 1 aromatic heterocycles. The van der Waals surface area contributed by atoms with Gasteiger partial charge in [0.25, 0.3) is 4.99 Å². The predicted octanol–water partition coefficient (Wildman–Crippen LogP) is -6.73. The van der Waals surface area contributed by atoms with Gasteiger partial charge in [-0.2, -0.15) is 5.11 Å². The Morgan fingerprint density at radius 3 is 1.51 bits per heavy atom. The molecule has 1 N–H and O–H groups in total. The van der Waals surface area contributed by atoms with E-state index in [1.807, 2.05) is 5.32 Å². The second-order valence-electron chi connectivity index (χ2n) is 9.18. The van der Waals surface area contributed by atoms with E-state index >= 15 is 0 Å². The number of benzene rings is 3. The summed E-state index contributed by atoms with van der Waals surface area (Å²) in [5, 5.41) is 9.06. The van der Waals surface area contributed by atoms with E-state index in [0.29, 0.717) is 11.1 Å². The van der Waals surface area contributed by atoms with Crippen molar-refractivity contribution in [2.45, 2.75) is 14.7 Å². The number of hydrogen-bond donors (Lipinski definition) is 1. The van der Waals surface area contributed by atoms with Gasteiger partial charge in [-0.3, -0.25) is 4.98 Å². The average molecular weight is 697 g/mol. The predicted molar refractivity (Wildman–Crippen MR) is 145 cm³/mol. The van der Waals surface area contributed by atoms with Gasteiger partial charge in [-0.15, -0.1) is 5.11 Å². The summed E-state index contributed by atoms with van der Waals surface area (Å²) in [7, 11) is -18.2. The minimum Gasteiger partial charge on any atom is -0.746 e. The number of azo groups is 1. The summed E-state index contributed by atoms with van der Waals surface area (Å²) in [6, 6.07) is 22.5. The van der Waals surface area contributed by atoms with E-state index in [0.717, 1.165) is 36.5 Å². The van der Waals surface area contributed by atoms with Crippen molar-refractivity contribution >= 4 is 30.4 Å². The molecule has 0 saturated carbocycles. The molecule has 0 bridgehead atoms. The van der Waals surface area contributed by atoms with Crippen LogP contribution in [0.3, 0.4) is 0 Å². The van der Waals surface area contributed by atoms with Crippen LogP contribution < -0.4 is 94.0 Å². The molecule has 0 spiro atoms. The molecule has 0 fully saturated rings. The molecule has 0 radical (unpaired) electrons. The van der Waals surface area contributed by atoms with Crippen molar-refractivity contribution in [1.29, 1.82) is 0 Å². The Hall–Kier alpha value is -0.900. The Balaban J connectivity index is 0.00000235. The second kappa shape index (κ2) is 14.7. The third kappa shape index (κ3) is 6.72. The minimum atomic E-state index is -6.21. The van der Waals surface area contributed by atoms with Gasteiger partial charge in [-0.1, -0.05) is 91.0 Å². The van der Waals surface area contributed by atoms with Crippen molar-refractivity contribution in [3.05, 3.63) is 126 Å². The van der Waals surface area contributed by atoms with Crippen molar-refractivity contribution in [3.8, 4) is 11.1 Å². The summed E-state index contributed by atoms with van der Waals surface area (Å²) in [5.41, 5.74) is -1.25. The van der Waals surface area contributed by atoms with Gasteiger partial charge in [0.15, 0.2) is 4.87 Å². The molecule has 3 unspecified atom stereocenters. The van der Waals surface area contributed by atoms with E-state index in [2.05, 4.69) is 15.2 Å². The normalized spacial score (nSPS) is 23.1. The first kappa shape index (κ1) is 40.3. The largest absolute Gasteiger partial charge is 1.00 e. The molecule has 3 aromatic carbocycles. The van der Waals surface area contributed by atoms with Crippen molar-refractivity contribution in [2.24, 2.45) is 10.2 Å². The summed E-state index contributed by atoms with van der Waals surface area (Å²) < 4.78 is 119. The fraction of sp³-hybridized carbons (Fsp3) is 0.115. The third-order valence-electron chi connectivity index (χ3n) is 6.81. The van der Waals surface area contributed by atoms with Gasteiger partial charge in [0.1, 0.15) is 30.4 Å². The van der Waals surface area contributed by atoms with Gasteiger partial charge >= 0.3 is 88.7 Å². The van der Waals surface area contributed by atoms with Crippen LogP contribution in [0.25, 0.3) is 11.1 Å². The number of pyridine rings is 1. The summed E-state index contributed by atoms with van der Waals surface area (Å²) in [5.74, 6) is 0. The maximum atomic E-state index is 13.4. The molecule has 0 aliphatic carbocycles. The molecule has 5 rings (SSSR count). The van der Waals surface area contributed by atoms with E-state index in [4.69, 9.17) is 0 Å². The van der Waals surface area contributed by atoms with E-state index in [1.165, 1.54) is 42.5 Å². The molecule has 0 amide bonds. The smallest absolute Gasteiger partial charge is 0.746 e. The number of rotatable bonds is 7. The van der Waals surface area contributed by atoms with Gasteiger partial charge in [0.05, 0.1) is 5.69 Å². The molecule has 1 aliphatic heterocycles. The molecule has 1 aliphatic rings. The maximum Gasteiger partial charge on any atom is 1.00 e. The fourth-order valence-corrected chi connectivity index (χ4v) is 8.70. The fourth-order valence-electron chi connectivity index (χ4n) is 4.95. The zero-order chi connectivity index (χ0) is 30.4. The van der Waals surface area contributed by atoms with Crippen molar-refractivity contribution in [1.82, 2.24) is 10.3 Å². The van der Waals surface area contributed by atoms with Crippen LogP contribution in [-0.2, 0) is 45.1 Å². The van der Waals surface area contributed by atoms with E-state index in [1.54, 1.807) is 30.3 Å². The van der Waals surface area contributed by atoms with Crippen LogP contribution in [0.1, 0.15) is 16.8 Å². The zero-order valence-corrected chi connectivity index (χ0v) is 32.6. The van der Waals surface area contributed by atoms with Crippen molar-refractivity contribution < 1.29 is 128 Å². The molecular formula is C26H19N4Na3O9S3. The van der Waals surface area contributed by atoms with Crippen molar-refractivity contribution in [2.75, 3.05) is 0 Å². The van der Waals surface area contributed by atoms with Crippen LogP contribution >= 0.6 is 0 Å². The topological polar surface area (TPSA) is 221 Å².